The fraction of sp³-hybridized carbons (Fsp3) is 0.0244. The molecule has 0 radical (unpaired) electrons. The molecular formula is C41H28N8O10S. The maximum absolute atomic E-state index is 14.4. The van der Waals surface area contributed by atoms with Crippen molar-refractivity contribution in [3.63, 3.8) is 0 Å². The summed E-state index contributed by atoms with van der Waals surface area (Å²) < 4.78 is 36.6. The van der Waals surface area contributed by atoms with Crippen LogP contribution in [-0.4, -0.2) is 66.2 Å². The number of fused-ring (bicyclic) bond motifs is 2. The number of nitrogens with one attached hydrogen (secondary N) is 3. The molecule has 18 nitrogen and oxygen atoms in total. The number of nitrogen functional groups attached to an aromatic ring is 1. The number of pyridine rings is 1. The second kappa shape index (κ2) is 14.6. The lowest BCUT2D eigenvalue weighted by Gasteiger charge is -2.25. The average Bonchev–Trinajstić information content (AvgIpc) is 3.21. The van der Waals surface area contributed by atoms with Gasteiger partial charge in [0.2, 0.25) is 17.8 Å². The zero-order chi connectivity index (χ0) is 42.6. The van der Waals surface area contributed by atoms with Crippen molar-refractivity contribution in [1.29, 1.82) is 0 Å². The van der Waals surface area contributed by atoms with Crippen LogP contribution in [0.4, 0.5) is 40.6 Å². The van der Waals surface area contributed by atoms with Crippen molar-refractivity contribution in [3.05, 3.63) is 147 Å². The predicted molar refractivity (Wildman–Crippen MR) is 219 cm³/mol. The van der Waals surface area contributed by atoms with E-state index in [4.69, 9.17) is 5.73 Å². The highest BCUT2D eigenvalue weighted by Crippen LogP contribution is 2.44. The Morgan fingerprint density at radius 1 is 0.667 bits per heavy atom. The lowest BCUT2D eigenvalue weighted by Crippen LogP contribution is -2.29. The number of nitrogens with zero attached hydrogens (tertiary/aromatic N) is 4. The Morgan fingerprint density at radius 3 is 1.95 bits per heavy atom. The molecule has 5 aromatic carbocycles. The quantitative estimate of drug-likeness (QED) is 0.0615. The van der Waals surface area contributed by atoms with E-state index in [2.05, 4.69) is 30.9 Å². The minimum atomic E-state index is -4.90. The van der Waals surface area contributed by atoms with E-state index in [0.29, 0.717) is 16.5 Å². The van der Waals surface area contributed by atoms with Crippen LogP contribution in [-0.2, 0) is 17.2 Å². The third-order valence-electron chi connectivity index (χ3n) is 9.61. The van der Waals surface area contributed by atoms with Crippen molar-refractivity contribution in [2.45, 2.75) is 4.90 Å². The number of hydrogen-bond donors (Lipinski definition) is 7. The van der Waals surface area contributed by atoms with E-state index in [-0.39, 0.29) is 73.6 Å². The number of nitrogens with two attached hydrogens (primary N) is 1. The van der Waals surface area contributed by atoms with Gasteiger partial charge < -0.3 is 36.5 Å². The summed E-state index contributed by atoms with van der Waals surface area (Å²) in [6.07, 6.45) is 0. The number of rotatable bonds is 11. The van der Waals surface area contributed by atoms with Crippen molar-refractivity contribution in [1.82, 2.24) is 19.5 Å². The molecule has 60 heavy (non-hydrogen) atoms. The second-order valence-corrected chi connectivity index (χ2v) is 14.8. The van der Waals surface area contributed by atoms with Crippen molar-refractivity contribution < 1.29 is 42.4 Å². The van der Waals surface area contributed by atoms with Crippen molar-refractivity contribution in [2.24, 2.45) is 7.05 Å². The largest absolute Gasteiger partial charge is 0.478 e. The molecule has 0 atom stereocenters. The first kappa shape index (κ1) is 38.6. The Morgan fingerprint density at radius 2 is 1.30 bits per heavy atom. The van der Waals surface area contributed by atoms with Gasteiger partial charge in [-0.15, -0.1) is 0 Å². The van der Waals surface area contributed by atoms with Crippen LogP contribution in [0.3, 0.4) is 0 Å². The summed E-state index contributed by atoms with van der Waals surface area (Å²) in [7, 11) is -3.39. The molecule has 0 spiro atoms. The molecule has 0 aliphatic heterocycles. The first-order chi connectivity index (χ1) is 28.6. The summed E-state index contributed by atoms with van der Waals surface area (Å²) in [5, 5.41) is 27.8. The molecule has 0 saturated heterocycles. The number of carbonyl (C=O) groups excluding carboxylic acids is 2. The Bertz CT molecular complexity index is 3180. The Hall–Kier alpha value is -8.29. The number of carboxylic acid groups (broad SMARTS) is 2. The Labute approximate surface area is 337 Å². The van der Waals surface area contributed by atoms with Crippen LogP contribution >= 0.6 is 0 Å². The third kappa shape index (κ3) is 6.90. The minimum absolute atomic E-state index is 0.0371. The smallest absolute Gasteiger partial charge is 0.335 e. The van der Waals surface area contributed by atoms with E-state index in [1.165, 1.54) is 23.7 Å². The molecule has 2 heterocycles. The van der Waals surface area contributed by atoms with Crippen LogP contribution in [0.2, 0.25) is 0 Å². The number of hydrogen-bond acceptors (Lipinski definition) is 14. The highest BCUT2D eigenvalue weighted by Gasteiger charge is 2.34. The number of anilines is 7. The topological polar surface area (TPSA) is 286 Å². The molecule has 0 bridgehead atoms. The van der Waals surface area contributed by atoms with Gasteiger partial charge in [-0.25, -0.2) is 9.59 Å². The Balaban J connectivity index is 1.23. The van der Waals surface area contributed by atoms with Gasteiger partial charge in [-0.1, -0.05) is 54.6 Å². The fourth-order valence-corrected chi connectivity index (χ4v) is 7.64. The van der Waals surface area contributed by atoms with E-state index in [9.17, 15) is 47.2 Å². The SMILES string of the molecule is Cn1c(=O)c(C(=O)c2ccccc2)c2c3c(c(Nc4ccc(S(=O)(=O)O)c(Nc5nc(N)nc(Nc6cc(C(=O)O)cc(C(=O)O)c6)n5)c4)ccc31)C(=O)c1ccccc1-2. The summed E-state index contributed by atoms with van der Waals surface area (Å²) in [4.78, 5) is 77.2. The van der Waals surface area contributed by atoms with Crippen LogP contribution in [0, 0.1) is 0 Å². The maximum Gasteiger partial charge on any atom is 0.335 e. The summed E-state index contributed by atoms with van der Waals surface area (Å²) in [6, 6.07) is 25.0. The van der Waals surface area contributed by atoms with Gasteiger partial charge in [0.15, 0.2) is 11.6 Å². The number of benzene rings is 5. The molecule has 0 unspecified atom stereocenters. The highest BCUT2D eigenvalue weighted by molar-refractivity contribution is 7.86. The molecule has 8 rings (SSSR count). The van der Waals surface area contributed by atoms with Gasteiger partial charge in [-0.3, -0.25) is 18.9 Å². The molecule has 8 N–H and O–H groups in total. The van der Waals surface area contributed by atoms with Gasteiger partial charge in [0.05, 0.1) is 39.1 Å². The normalized spacial score (nSPS) is 11.8. The van der Waals surface area contributed by atoms with Crippen molar-refractivity contribution >= 4 is 85.1 Å². The monoisotopic (exact) mass is 824 g/mol. The molecule has 19 heteroatoms. The van der Waals surface area contributed by atoms with Crippen LogP contribution in [0.1, 0.15) is 52.6 Å². The molecule has 0 fully saturated rings. The lowest BCUT2D eigenvalue weighted by atomic mass is 9.80. The maximum atomic E-state index is 14.4. The van der Waals surface area contributed by atoms with Gasteiger partial charge in [0, 0.05) is 40.5 Å². The molecule has 7 aromatic rings. The molecule has 2 aromatic heterocycles. The fourth-order valence-electron chi connectivity index (χ4n) is 7.01. The zero-order valence-electron chi connectivity index (χ0n) is 30.8. The molecule has 1 aliphatic rings. The van der Waals surface area contributed by atoms with Gasteiger partial charge in [0.1, 0.15) is 4.90 Å². The van der Waals surface area contributed by atoms with Crippen molar-refractivity contribution in [2.75, 3.05) is 21.7 Å². The van der Waals surface area contributed by atoms with E-state index < -0.39 is 50.0 Å². The predicted octanol–water partition coefficient (Wildman–Crippen LogP) is 5.62. The highest BCUT2D eigenvalue weighted by atomic mass is 32.2. The first-order valence-electron chi connectivity index (χ1n) is 17.6. The summed E-state index contributed by atoms with van der Waals surface area (Å²) >= 11 is 0. The van der Waals surface area contributed by atoms with Crippen LogP contribution in [0.5, 0.6) is 0 Å². The number of carboxylic acids is 2. The van der Waals surface area contributed by atoms with E-state index in [1.54, 1.807) is 66.7 Å². The van der Waals surface area contributed by atoms with Gasteiger partial charge in [-0.05, 0) is 54.1 Å². The number of aromatic carboxylic acids is 2. The summed E-state index contributed by atoms with van der Waals surface area (Å²) in [5.74, 6) is -4.79. The number of ketones is 2. The number of carbonyl (C=O) groups is 4. The van der Waals surface area contributed by atoms with Gasteiger partial charge in [-0.2, -0.15) is 23.4 Å². The number of aryl methyl sites for hydroxylation is 1. The van der Waals surface area contributed by atoms with Gasteiger partial charge >= 0.3 is 11.9 Å². The van der Waals surface area contributed by atoms with E-state index in [0.717, 1.165) is 24.3 Å². The second-order valence-electron chi connectivity index (χ2n) is 13.4. The number of aromatic nitrogens is 4. The van der Waals surface area contributed by atoms with E-state index in [1.807, 2.05) is 0 Å². The summed E-state index contributed by atoms with van der Waals surface area (Å²) in [5.41, 5.74) is 6.34. The third-order valence-corrected chi connectivity index (χ3v) is 10.5. The van der Waals surface area contributed by atoms with Crippen molar-refractivity contribution in [3.8, 4) is 11.1 Å². The lowest BCUT2D eigenvalue weighted by molar-refractivity contribution is 0.0696. The van der Waals surface area contributed by atoms with Crippen LogP contribution in [0.15, 0.2) is 113 Å². The molecule has 0 saturated carbocycles. The first-order valence-corrected chi connectivity index (χ1v) is 19.0. The summed E-state index contributed by atoms with van der Waals surface area (Å²) in [6.45, 7) is 0. The van der Waals surface area contributed by atoms with E-state index >= 15 is 0 Å². The Kier molecular flexibility index (Phi) is 9.37. The molecule has 0 amide bonds. The molecule has 1 aliphatic carbocycles. The zero-order valence-corrected chi connectivity index (χ0v) is 31.6. The van der Waals surface area contributed by atoms with Crippen LogP contribution < -0.4 is 27.2 Å². The van der Waals surface area contributed by atoms with Crippen LogP contribution in [0.25, 0.3) is 22.0 Å². The minimum Gasteiger partial charge on any atom is -0.478 e. The standard InChI is InChI=1S/C41H28N8O10S/c1-49-28-13-12-26(31-32(28)30(24-9-5-6-10-25(24)35(31)51)33(36(49)52)34(50)19-7-3-2-4-8-19)43-22-11-14-29(60(57,58)59)27(18-22)45-41-47-39(42)46-40(48-41)44-23-16-20(37(53)54)15-21(17-23)38(55)56/h2-18,43H,1H3,(H,53,54)(H,55,56)(H,57,58,59)(H4,42,44,45,46,47,48). The molecular weight excluding hydrogens is 797 g/mol. The van der Waals surface area contributed by atoms with Gasteiger partial charge in [0.25, 0.3) is 15.7 Å². The molecule has 298 valence electrons. The average molecular weight is 825 g/mol.